The summed E-state index contributed by atoms with van der Waals surface area (Å²) in [4.78, 5) is 12.2. The number of unbranched alkanes of at least 4 members (excludes halogenated alkanes) is 7. The Hall–Kier alpha value is -2.49. The van der Waals surface area contributed by atoms with Gasteiger partial charge in [-0.05, 0) is 48.2 Å². The number of benzene rings is 2. The summed E-state index contributed by atoms with van der Waals surface area (Å²) in [6, 6.07) is 13.5. The average Bonchev–Trinajstić information content (AvgIpc) is 2.71. The van der Waals surface area contributed by atoms with Crippen LogP contribution >= 0.6 is 0 Å². The molecular weight excluding hydrogens is 370 g/mol. The Morgan fingerprint density at radius 1 is 0.828 bits per heavy atom. The lowest BCUT2D eigenvalue weighted by molar-refractivity contribution is 0.0734. The van der Waals surface area contributed by atoms with E-state index in [0.717, 1.165) is 18.9 Å². The zero-order valence-electron chi connectivity index (χ0n) is 17.1. The minimum Gasteiger partial charge on any atom is -0.423 e. The van der Waals surface area contributed by atoms with Gasteiger partial charge in [0.2, 0.25) is 0 Å². The lowest BCUT2D eigenvalue weighted by Crippen LogP contribution is -2.08. The van der Waals surface area contributed by atoms with Crippen molar-refractivity contribution in [1.29, 1.82) is 0 Å². The molecule has 2 rings (SSSR count). The molecule has 156 valence electrons. The molecule has 2 aromatic rings. The van der Waals surface area contributed by atoms with Gasteiger partial charge < -0.3 is 4.74 Å². The van der Waals surface area contributed by atoms with Gasteiger partial charge in [-0.3, -0.25) is 0 Å². The molecule has 0 aliphatic carbocycles. The fraction of sp³-hybridized carbons (Fsp3) is 0.400. The van der Waals surface area contributed by atoms with Gasteiger partial charge in [-0.25, -0.2) is 4.79 Å². The first kappa shape index (κ1) is 22.8. The predicted molar refractivity (Wildman–Crippen MR) is 114 cm³/mol. The average molecular weight is 401 g/mol. The maximum absolute atomic E-state index is 12.2. The summed E-state index contributed by atoms with van der Waals surface area (Å²) in [5, 5.41) is 0. The molecule has 0 spiro atoms. The largest absolute Gasteiger partial charge is 0.423 e. The molecule has 0 saturated heterocycles. The first-order valence-electron chi connectivity index (χ1n) is 10.5. The van der Waals surface area contributed by atoms with Crippen LogP contribution in [0.25, 0.3) is 6.08 Å². The molecule has 0 saturated carbocycles. The van der Waals surface area contributed by atoms with Gasteiger partial charge in [-0.2, -0.15) is 8.78 Å². The van der Waals surface area contributed by atoms with Gasteiger partial charge in [-0.1, -0.05) is 76.1 Å². The number of aryl methyl sites for hydroxylation is 1. The third kappa shape index (κ3) is 9.03. The van der Waals surface area contributed by atoms with E-state index in [4.69, 9.17) is 4.74 Å². The van der Waals surface area contributed by atoms with Crippen molar-refractivity contribution >= 4 is 12.0 Å². The summed E-state index contributed by atoms with van der Waals surface area (Å²) < 4.78 is 29.8. The molecule has 0 fully saturated rings. The van der Waals surface area contributed by atoms with Crippen LogP contribution in [0.5, 0.6) is 5.75 Å². The number of carbonyl (C=O) groups excluding carboxylic acids is 1. The molecule has 0 aromatic heterocycles. The number of carbonyl (C=O) groups is 1. The highest BCUT2D eigenvalue weighted by Gasteiger charge is 2.08. The molecule has 29 heavy (non-hydrogen) atoms. The van der Waals surface area contributed by atoms with Crippen LogP contribution in [0.2, 0.25) is 0 Å². The predicted octanol–water partition coefficient (Wildman–Crippen LogP) is 7.83. The molecule has 2 aromatic carbocycles. The topological polar surface area (TPSA) is 26.3 Å². The number of ether oxygens (including phenoxy) is 1. The Labute approximate surface area is 172 Å². The quantitative estimate of drug-likeness (QED) is 0.206. The van der Waals surface area contributed by atoms with Crippen LogP contribution in [-0.4, -0.2) is 5.97 Å². The van der Waals surface area contributed by atoms with E-state index in [9.17, 15) is 13.6 Å². The summed E-state index contributed by atoms with van der Waals surface area (Å²) in [5.74, 6) is -0.127. The Balaban J connectivity index is 1.73. The van der Waals surface area contributed by atoms with E-state index in [0.29, 0.717) is 16.9 Å². The van der Waals surface area contributed by atoms with Crippen LogP contribution in [0, 0.1) is 0 Å². The second kappa shape index (κ2) is 12.9. The number of halogens is 2. The Morgan fingerprint density at radius 3 is 2.00 bits per heavy atom. The van der Waals surface area contributed by atoms with Gasteiger partial charge in [0.1, 0.15) is 5.75 Å². The fourth-order valence-electron chi connectivity index (χ4n) is 3.19. The van der Waals surface area contributed by atoms with Crippen LogP contribution < -0.4 is 4.74 Å². The van der Waals surface area contributed by atoms with E-state index >= 15 is 0 Å². The first-order chi connectivity index (χ1) is 14.1. The Morgan fingerprint density at radius 2 is 1.41 bits per heavy atom. The van der Waals surface area contributed by atoms with Gasteiger partial charge in [0.05, 0.1) is 5.56 Å². The minimum atomic E-state index is -1.76. The van der Waals surface area contributed by atoms with Crippen LogP contribution in [0.4, 0.5) is 8.78 Å². The third-order valence-electron chi connectivity index (χ3n) is 4.88. The van der Waals surface area contributed by atoms with Gasteiger partial charge in [-0.15, -0.1) is 0 Å². The lowest BCUT2D eigenvalue weighted by atomic mass is 10.0. The molecular formula is C25H30F2O2. The van der Waals surface area contributed by atoms with Crippen molar-refractivity contribution in [2.45, 2.75) is 64.7 Å². The SMILES string of the molecule is CCCCCCCCCCc1ccc(C(=O)Oc2ccc(C=C(F)F)cc2)cc1. The zero-order valence-corrected chi connectivity index (χ0v) is 17.1. The summed E-state index contributed by atoms with van der Waals surface area (Å²) in [5.41, 5.74) is 2.05. The van der Waals surface area contributed by atoms with Gasteiger partial charge in [0.25, 0.3) is 6.08 Å². The summed E-state index contributed by atoms with van der Waals surface area (Å²) in [6.07, 6.45) is 10.4. The lowest BCUT2D eigenvalue weighted by Gasteiger charge is -2.06. The second-order valence-corrected chi connectivity index (χ2v) is 7.31. The Kier molecular flexibility index (Phi) is 10.1. The van der Waals surface area contributed by atoms with Gasteiger partial charge in [0.15, 0.2) is 0 Å². The van der Waals surface area contributed by atoms with E-state index in [1.165, 1.54) is 74.8 Å². The van der Waals surface area contributed by atoms with Crippen molar-refractivity contribution in [3.05, 3.63) is 71.3 Å². The fourth-order valence-corrected chi connectivity index (χ4v) is 3.19. The molecule has 2 nitrogen and oxygen atoms in total. The highest BCUT2D eigenvalue weighted by atomic mass is 19.3. The number of hydrogen-bond donors (Lipinski definition) is 0. The molecule has 0 amide bonds. The molecule has 0 radical (unpaired) electrons. The van der Waals surface area contributed by atoms with Crippen molar-refractivity contribution in [2.75, 3.05) is 0 Å². The Bertz CT molecular complexity index is 760. The molecule has 0 N–H and O–H groups in total. The molecule has 0 atom stereocenters. The highest BCUT2D eigenvalue weighted by molar-refractivity contribution is 5.91. The van der Waals surface area contributed by atoms with E-state index in [2.05, 4.69) is 6.92 Å². The van der Waals surface area contributed by atoms with Crippen molar-refractivity contribution in [2.24, 2.45) is 0 Å². The maximum atomic E-state index is 12.2. The third-order valence-corrected chi connectivity index (χ3v) is 4.88. The maximum Gasteiger partial charge on any atom is 0.343 e. The first-order valence-corrected chi connectivity index (χ1v) is 10.5. The molecule has 0 unspecified atom stereocenters. The minimum absolute atomic E-state index is 0.328. The second-order valence-electron chi connectivity index (χ2n) is 7.31. The number of esters is 1. The molecule has 0 aliphatic rings. The van der Waals surface area contributed by atoms with E-state index < -0.39 is 12.0 Å². The van der Waals surface area contributed by atoms with Crippen LogP contribution in [0.15, 0.2) is 54.6 Å². The number of rotatable bonds is 12. The van der Waals surface area contributed by atoms with E-state index in [-0.39, 0.29) is 0 Å². The number of hydrogen-bond acceptors (Lipinski definition) is 2. The summed E-state index contributed by atoms with van der Waals surface area (Å²) in [7, 11) is 0. The summed E-state index contributed by atoms with van der Waals surface area (Å²) in [6.45, 7) is 2.24. The standard InChI is InChI=1S/C25H30F2O2/c1-2-3-4-5-6-7-8-9-10-20-11-15-22(16-12-20)25(28)29-23-17-13-21(14-18-23)19-24(26)27/h11-19H,2-10H2,1H3. The molecule has 4 heteroatoms. The highest BCUT2D eigenvalue weighted by Crippen LogP contribution is 2.18. The van der Waals surface area contributed by atoms with Crippen LogP contribution in [0.3, 0.4) is 0 Å². The summed E-state index contributed by atoms with van der Waals surface area (Å²) >= 11 is 0. The van der Waals surface area contributed by atoms with Crippen molar-refractivity contribution in [3.63, 3.8) is 0 Å². The van der Waals surface area contributed by atoms with Crippen molar-refractivity contribution in [1.82, 2.24) is 0 Å². The van der Waals surface area contributed by atoms with E-state index in [1.54, 1.807) is 12.1 Å². The van der Waals surface area contributed by atoms with Gasteiger partial charge >= 0.3 is 5.97 Å². The molecule has 0 aliphatic heterocycles. The van der Waals surface area contributed by atoms with Crippen molar-refractivity contribution < 1.29 is 18.3 Å². The van der Waals surface area contributed by atoms with Gasteiger partial charge in [0, 0.05) is 6.08 Å². The zero-order chi connectivity index (χ0) is 20.9. The van der Waals surface area contributed by atoms with Crippen LogP contribution in [-0.2, 0) is 6.42 Å². The molecule has 0 bridgehead atoms. The van der Waals surface area contributed by atoms with Crippen molar-refractivity contribution in [3.8, 4) is 5.75 Å². The van der Waals surface area contributed by atoms with E-state index in [1.807, 2.05) is 12.1 Å². The normalized spacial score (nSPS) is 10.6. The smallest absolute Gasteiger partial charge is 0.343 e. The molecule has 0 heterocycles. The monoisotopic (exact) mass is 400 g/mol. The van der Waals surface area contributed by atoms with Crippen LogP contribution in [0.1, 0.15) is 79.8 Å².